The standard InChI is InChI=1S/C18H15Cl2N3O4S/c1-26-18-16(23-28(2,24)25)8-11(10-21-18)15-4-3-5-17(22-15)27-12-6-7-13(19)14(20)9-12/h3-10,23H,1-2H3. The van der Waals surface area contributed by atoms with Crippen molar-refractivity contribution in [3.63, 3.8) is 0 Å². The molecule has 0 aliphatic carbocycles. The Morgan fingerprint density at radius 1 is 1.07 bits per heavy atom. The van der Waals surface area contributed by atoms with Crippen LogP contribution >= 0.6 is 23.2 Å². The largest absolute Gasteiger partial charge is 0.480 e. The summed E-state index contributed by atoms with van der Waals surface area (Å²) in [5.74, 6) is 0.952. The van der Waals surface area contributed by atoms with Crippen LogP contribution in [0.3, 0.4) is 0 Å². The summed E-state index contributed by atoms with van der Waals surface area (Å²) in [6.07, 6.45) is 2.57. The Labute approximate surface area is 172 Å². The van der Waals surface area contributed by atoms with Crippen LogP contribution in [0, 0.1) is 0 Å². The summed E-state index contributed by atoms with van der Waals surface area (Å²) in [6.45, 7) is 0. The van der Waals surface area contributed by atoms with Crippen LogP contribution in [0.4, 0.5) is 5.69 Å². The lowest BCUT2D eigenvalue weighted by Gasteiger charge is -2.11. The minimum absolute atomic E-state index is 0.150. The molecular formula is C18H15Cl2N3O4S. The first-order valence-electron chi connectivity index (χ1n) is 7.87. The van der Waals surface area contributed by atoms with Crippen molar-refractivity contribution >= 4 is 38.9 Å². The van der Waals surface area contributed by atoms with E-state index in [1.807, 2.05) is 0 Å². The van der Waals surface area contributed by atoms with Gasteiger partial charge in [-0.25, -0.2) is 18.4 Å². The summed E-state index contributed by atoms with van der Waals surface area (Å²) in [6, 6.07) is 11.6. The van der Waals surface area contributed by atoms with Gasteiger partial charge >= 0.3 is 0 Å². The molecule has 0 saturated heterocycles. The molecule has 28 heavy (non-hydrogen) atoms. The van der Waals surface area contributed by atoms with Crippen molar-refractivity contribution in [3.05, 3.63) is 58.7 Å². The molecule has 3 aromatic rings. The van der Waals surface area contributed by atoms with E-state index >= 15 is 0 Å². The number of rotatable bonds is 6. The van der Waals surface area contributed by atoms with Crippen molar-refractivity contribution < 1.29 is 17.9 Å². The lowest BCUT2D eigenvalue weighted by molar-refractivity contribution is 0.400. The molecule has 146 valence electrons. The van der Waals surface area contributed by atoms with Gasteiger partial charge in [-0.15, -0.1) is 0 Å². The number of hydrogen-bond acceptors (Lipinski definition) is 6. The van der Waals surface area contributed by atoms with Gasteiger partial charge in [0, 0.05) is 23.9 Å². The summed E-state index contributed by atoms with van der Waals surface area (Å²) < 4.78 is 36.3. The van der Waals surface area contributed by atoms with E-state index in [2.05, 4.69) is 14.7 Å². The van der Waals surface area contributed by atoms with Crippen LogP contribution in [0.5, 0.6) is 17.5 Å². The zero-order valence-electron chi connectivity index (χ0n) is 14.8. The Hall–Kier alpha value is -2.55. The van der Waals surface area contributed by atoms with Gasteiger partial charge in [-0.3, -0.25) is 4.72 Å². The van der Waals surface area contributed by atoms with Crippen molar-refractivity contribution in [3.8, 4) is 28.8 Å². The molecule has 0 saturated carbocycles. The molecule has 0 aliphatic heterocycles. The van der Waals surface area contributed by atoms with Gasteiger partial charge in [0.15, 0.2) is 0 Å². The minimum Gasteiger partial charge on any atom is -0.480 e. The average molecular weight is 440 g/mol. The topological polar surface area (TPSA) is 90.4 Å². The van der Waals surface area contributed by atoms with Gasteiger partial charge in [-0.05, 0) is 24.3 Å². The summed E-state index contributed by atoms with van der Waals surface area (Å²) >= 11 is 11.9. The predicted octanol–water partition coefficient (Wildman–Crippen LogP) is 4.62. The smallest absolute Gasteiger partial charge is 0.238 e. The van der Waals surface area contributed by atoms with Crippen molar-refractivity contribution in [1.29, 1.82) is 0 Å². The minimum atomic E-state index is -3.50. The molecule has 0 amide bonds. The van der Waals surface area contributed by atoms with E-state index in [-0.39, 0.29) is 11.6 Å². The summed E-state index contributed by atoms with van der Waals surface area (Å²) in [7, 11) is -2.10. The van der Waals surface area contributed by atoms with Gasteiger partial charge in [0.2, 0.25) is 21.8 Å². The van der Waals surface area contributed by atoms with Crippen LogP contribution in [0.2, 0.25) is 10.0 Å². The Kier molecular flexibility index (Phi) is 5.93. The van der Waals surface area contributed by atoms with Gasteiger partial charge < -0.3 is 9.47 Å². The molecule has 10 heteroatoms. The highest BCUT2D eigenvalue weighted by atomic mass is 35.5. The van der Waals surface area contributed by atoms with Gasteiger partial charge in [0.1, 0.15) is 11.4 Å². The van der Waals surface area contributed by atoms with Crippen LogP contribution in [0.15, 0.2) is 48.7 Å². The second-order valence-corrected chi connectivity index (χ2v) is 8.26. The number of pyridine rings is 2. The van der Waals surface area contributed by atoms with E-state index in [0.717, 1.165) is 6.26 Å². The lowest BCUT2D eigenvalue weighted by atomic mass is 10.2. The maximum absolute atomic E-state index is 11.6. The van der Waals surface area contributed by atoms with Gasteiger partial charge in [0.25, 0.3) is 0 Å². The number of halogens is 2. The summed E-state index contributed by atoms with van der Waals surface area (Å²) in [5, 5.41) is 0.789. The number of nitrogens with zero attached hydrogens (tertiary/aromatic N) is 2. The molecule has 0 atom stereocenters. The van der Waals surface area contributed by atoms with Crippen molar-refractivity contribution in [1.82, 2.24) is 9.97 Å². The molecular weight excluding hydrogens is 425 g/mol. The highest BCUT2D eigenvalue weighted by Gasteiger charge is 2.13. The Morgan fingerprint density at radius 3 is 2.54 bits per heavy atom. The predicted molar refractivity (Wildman–Crippen MR) is 109 cm³/mol. The van der Waals surface area contributed by atoms with Crippen LogP contribution in [0.1, 0.15) is 0 Å². The molecule has 0 unspecified atom stereocenters. The molecule has 0 radical (unpaired) electrons. The van der Waals surface area contributed by atoms with E-state index in [9.17, 15) is 8.42 Å². The van der Waals surface area contributed by atoms with E-state index < -0.39 is 10.0 Å². The maximum Gasteiger partial charge on any atom is 0.238 e. The third kappa shape index (κ3) is 5.03. The maximum atomic E-state index is 11.6. The van der Waals surface area contributed by atoms with Crippen molar-refractivity contribution in [2.75, 3.05) is 18.1 Å². The highest BCUT2D eigenvalue weighted by Crippen LogP contribution is 2.31. The number of anilines is 1. The molecule has 2 aromatic heterocycles. The first-order valence-corrected chi connectivity index (χ1v) is 10.5. The number of hydrogen-bond donors (Lipinski definition) is 1. The third-order valence-electron chi connectivity index (χ3n) is 3.47. The highest BCUT2D eigenvalue weighted by molar-refractivity contribution is 7.92. The molecule has 3 rings (SSSR count). The number of benzene rings is 1. The fourth-order valence-corrected chi connectivity index (χ4v) is 3.16. The number of aromatic nitrogens is 2. The zero-order valence-corrected chi connectivity index (χ0v) is 17.1. The van der Waals surface area contributed by atoms with Gasteiger partial charge in [-0.2, -0.15) is 0 Å². The van der Waals surface area contributed by atoms with E-state index in [1.165, 1.54) is 13.3 Å². The quantitative estimate of drug-likeness (QED) is 0.602. The second-order valence-electron chi connectivity index (χ2n) is 5.69. The van der Waals surface area contributed by atoms with Crippen molar-refractivity contribution in [2.45, 2.75) is 0 Å². The fourth-order valence-electron chi connectivity index (χ4n) is 2.32. The zero-order chi connectivity index (χ0) is 20.3. The SMILES string of the molecule is COc1ncc(-c2cccc(Oc3ccc(Cl)c(Cl)c3)n2)cc1NS(C)(=O)=O. The summed E-state index contributed by atoms with van der Waals surface area (Å²) in [4.78, 5) is 8.56. The first kappa shape index (κ1) is 20.2. The van der Waals surface area contributed by atoms with E-state index in [4.69, 9.17) is 32.7 Å². The number of nitrogens with one attached hydrogen (secondary N) is 1. The Bertz CT molecular complexity index is 1120. The first-order chi connectivity index (χ1) is 13.2. The van der Waals surface area contributed by atoms with Crippen LogP contribution in [-0.4, -0.2) is 31.8 Å². The molecule has 0 bridgehead atoms. The number of ether oxygens (including phenoxy) is 2. The fraction of sp³-hybridized carbons (Fsp3) is 0.111. The van der Waals surface area contributed by atoms with Gasteiger partial charge in [0.05, 0.1) is 29.1 Å². The third-order valence-corrected chi connectivity index (χ3v) is 4.80. The average Bonchev–Trinajstić information content (AvgIpc) is 2.64. The lowest BCUT2D eigenvalue weighted by Crippen LogP contribution is -2.11. The molecule has 1 N–H and O–H groups in total. The van der Waals surface area contributed by atoms with E-state index in [1.54, 1.807) is 42.5 Å². The number of methoxy groups -OCH3 is 1. The molecule has 1 aromatic carbocycles. The van der Waals surface area contributed by atoms with Crippen LogP contribution in [-0.2, 0) is 10.0 Å². The normalized spacial score (nSPS) is 11.1. The molecule has 2 heterocycles. The molecule has 0 aliphatic rings. The monoisotopic (exact) mass is 439 g/mol. The molecule has 7 nitrogen and oxygen atoms in total. The molecule has 0 fully saturated rings. The second kappa shape index (κ2) is 8.22. The summed E-state index contributed by atoms with van der Waals surface area (Å²) in [5.41, 5.74) is 1.32. The van der Waals surface area contributed by atoms with Gasteiger partial charge in [-0.1, -0.05) is 29.3 Å². The van der Waals surface area contributed by atoms with Crippen LogP contribution < -0.4 is 14.2 Å². The Morgan fingerprint density at radius 2 is 1.86 bits per heavy atom. The number of sulfonamides is 1. The van der Waals surface area contributed by atoms with E-state index in [0.29, 0.717) is 32.9 Å². The Balaban J connectivity index is 1.93. The van der Waals surface area contributed by atoms with Crippen LogP contribution in [0.25, 0.3) is 11.3 Å². The van der Waals surface area contributed by atoms with Crippen molar-refractivity contribution in [2.24, 2.45) is 0 Å². The molecule has 0 spiro atoms.